The molecule has 2 aromatic heterocycles. The molecule has 0 atom stereocenters. The molecule has 0 amide bonds. The summed E-state index contributed by atoms with van der Waals surface area (Å²) in [6.45, 7) is 1.83. The Bertz CT molecular complexity index is 539. The number of aromatic amines is 1. The number of anilines is 2. The van der Waals surface area contributed by atoms with Crippen LogP contribution in [-0.2, 0) is 6.42 Å². The highest BCUT2D eigenvalue weighted by molar-refractivity contribution is 5.46. The van der Waals surface area contributed by atoms with Crippen molar-refractivity contribution in [1.29, 1.82) is 0 Å². The number of nitrogen functional groups attached to an aromatic ring is 2. The number of fused-ring (bicyclic) bond motifs is 1. The van der Waals surface area contributed by atoms with Crippen LogP contribution in [0.1, 0.15) is 12.5 Å². The van der Waals surface area contributed by atoms with Gasteiger partial charge in [-0.2, -0.15) is 14.5 Å². The zero-order chi connectivity index (χ0) is 10.3. The van der Waals surface area contributed by atoms with Crippen molar-refractivity contribution >= 4 is 17.5 Å². The monoisotopic (exact) mass is 194 g/mol. The van der Waals surface area contributed by atoms with Crippen molar-refractivity contribution in [3.05, 3.63) is 15.9 Å². The summed E-state index contributed by atoms with van der Waals surface area (Å²) >= 11 is 0. The molecule has 0 saturated carbocycles. The van der Waals surface area contributed by atoms with Crippen LogP contribution in [-0.4, -0.2) is 19.6 Å². The molecule has 0 fully saturated rings. The fourth-order valence-corrected chi connectivity index (χ4v) is 1.32. The summed E-state index contributed by atoms with van der Waals surface area (Å²) in [5.41, 5.74) is 11.2. The first-order chi connectivity index (χ1) is 6.63. The first-order valence-electron chi connectivity index (χ1n) is 4.16. The first kappa shape index (κ1) is 8.54. The van der Waals surface area contributed by atoms with Crippen molar-refractivity contribution in [2.24, 2.45) is 0 Å². The molecule has 2 aromatic rings. The molecule has 0 bridgehead atoms. The maximum absolute atomic E-state index is 11.7. The van der Waals surface area contributed by atoms with Gasteiger partial charge in [-0.15, -0.1) is 0 Å². The summed E-state index contributed by atoms with van der Waals surface area (Å²) in [7, 11) is 0. The van der Waals surface area contributed by atoms with Crippen molar-refractivity contribution in [3.8, 4) is 0 Å². The smallest absolute Gasteiger partial charge is 0.279 e. The summed E-state index contributed by atoms with van der Waals surface area (Å²) < 4.78 is 1.19. The Balaban J connectivity index is 2.92. The largest absolute Gasteiger partial charge is 0.383 e. The molecule has 0 radical (unpaired) electrons. The lowest BCUT2D eigenvalue weighted by molar-refractivity contribution is 0.874. The zero-order valence-electron chi connectivity index (χ0n) is 7.61. The van der Waals surface area contributed by atoms with Gasteiger partial charge >= 0.3 is 0 Å². The molecule has 0 aliphatic heterocycles. The quantitative estimate of drug-likeness (QED) is 0.546. The van der Waals surface area contributed by atoms with Gasteiger partial charge in [0.05, 0.1) is 5.56 Å². The molecule has 74 valence electrons. The highest BCUT2D eigenvalue weighted by atomic mass is 16.1. The topological polar surface area (TPSA) is 115 Å². The van der Waals surface area contributed by atoms with E-state index >= 15 is 0 Å². The lowest BCUT2D eigenvalue weighted by Gasteiger charge is -1.99. The predicted molar refractivity (Wildman–Crippen MR) is 51.8 cm³/mol. The highest BCUT2D eigenvalue weighted by Gasteiger charge is 2.10. The predicted octanol–water partition coefficient (Wildman–Crippen LogP) is -0.856. The lowest BCUT2D eigenvalue weighted by atomic mass is 10.2. The minimum absolute atomic E-state index is 0.141. The third-order valence-electron chi connectivity index (χ3n) is 1.99. The van der Waals surface area contributed by atoms with Gasteiger partial charge in [-0.1, -0.05) is 6.92 Å². The van der Waals surface area contributed by atoms with Crippen LogP contribution in [0.3, 0.4) is 0 Å². The van der Waals surface area contributed by atoms with Gasteiger partial charge in [-0.3, -0.25) is 9.89 Å². The van der Waals surface area contributed by atoms with Gasteiger partial charge in [0.25, 0.3) is 11.3 Å². The van der Waals surface area contributed by atoms with E-state index in [0.717, 1.165) is 0 Å². The van der Waals surface area contributed by atoms with E-state index in [4.69, 9.17) is 11.5 Å². The third-order valence-corrected chi connectivity index (χ3v) is 1.99. The number of nitrogens with two attached hydrogens (primary N) is 2. The molecule has 0 aliphatic carbocycles. The number of aromatic nitrogens is 4. The number of H-pyrrole nitrogens is 1. The van der Waals surface area contributed by atoms with Gasteiger partial charge in [0.1, 0.15) is 5.82 Å². The molecule has 5 N–H and O–H groups in total. The van der Waals surface area contributed by atoms with E-state index in [-0.39, 0.29) is 23.1 Å². The zero-order valence-corrected chi connectivity index (χ0v) is 7.61. The van der Waals surface area contributed by atoms with Crippen LogP contribution in [0, 0.1) is 0 Å². The Kier molecular flexibility index (Phi) is 1.66. The van der Waals surface area contributed by atoms with Gasteiger partial charge < -0.3 is 11.5 Å². The van der Waals surface area contributed by atoms with Gasteiger partial charge in [0.2, 0.25) is 5.95 Å². The normalized spacial score (nSPS) is 10.9. The fourth-order valence-electron chi connectivity index (χ4n) is 1.32. The Morgan fingerprint density at radius 1 is 1.43 bits per heavy atom. The van der Waals surface area contributed by atoms with Crippen LogP contribution < -0.4 is 17.0 Å². The minimum Gasteiger partial charge on any atom is -0.383 e. The number of hydrogen-bond acceptors (Lipinski definition) is 5. The van der Waals surface area contributed by atoms with E-state index in [1.54, 1.807) is 0 Å². The van der Waals surface area contributed by atoms with Crippen LogP contribution in [0.15, 0.2) is 4.79 Å². The maximum atomic E-state index is 11.7. The molecule has 2 rings (SSSR count). The van der Waals surface area contributed by atoms with Gasteiger partial charge in [-0.25, -0.2) is 0 Å². The van der Waals surface area contributed by atoms with Crippen molar-refractivity contribution in [2.45, 2.75) is 13.3 Å². The average Bonchev–Trinajstić information content (AvgIpc) is 2.47. The Morgan fingerprint density at radius 3 is 2.79 bits per heavy atom. The van der Waals surface area contributed by atoms with Gasteiger partial charge in [0, 0.05) is 0 Å². The first-order valence-corrected chi connectivity index (χ1v) is 4.16. The molecule has 7 nitrogen and oxygen atoms in total. The van der Waals surface area contributed by atoms with Gasteiger partial charge in [0.15, 0.2) is 0 Å². The summed E-state index contributed by atoms with van der Waals surface area (Å²) in [5.74, 6) is 0.549. The van der Waals surface area contributed by atoms with Crippen LogP contribution in [0.5, 0.6) is 0 Å². The molecular formula is C7H10N6O. The van der Waals surface area contributed by atoms with Gasteiger partial charge in [-0.05, 0) is 6.42 Å². The summed E-state index contributed by atoms with van der Waals surface area (Å²) in [6, 6.07) is 0. The molecule has 0 aromatic carbocycles. The van der Waals surface area contributed by atoms with Crippen molar-refractivity contribution in [2.75, 3.05) is 11.5 Å². The summed E-state index contributed by atoms with van der Waals surface area (Å²) in [6.07, 6.45) is 0.527. The van der Waals surface area contributed by atoms with E-state index in [0.29, 0.717) is 12.0 Å². The fraction of sp³-hybridized carbons (Fsp3) is 0.286. The standard InChI is InChI=1S/C7H10N6O/c1-2-3-4(8)10-7-11-6(9)12-13(7)5(3)14/h2,8H2,1H3,(H3,9,10,11,12). The Morgan fingerprint density at radius 2 is 2.14 bits per heavy atom. The lowest BCUT2D eigenvalue weighted by Crippen LogP contribution is -2.21. The van der Waals surface area contributed by atoms with E-state index in [2.05, 4.69) is 15.1 Å². The molecule has 2 heterocycles. The van der Waals surface area contributed by atoms with Crippen molar-refractivity contribution in [1.82, 2.24) is 19.6 Å². The van der Waals surface area contributed by atoms with Crippen molar-refractivity contribution < 1.29 is 0 Å². The number of nitrogens with one attached hydrogen (secondary N) is 1. The molecule has 14 heavy (non-hydrogen) atoms. The van der Waals surface area contributed by atoms with E-state index in [1.807, 2.05) is 6.92 Å². The molecule has 7 heteroatoms. The minimum atomic E-state index is -0.251. The number of rotatable bonds is 1. The Hall–Kier alpha value is -2.05. The molecule has 0 saturated heterocycles. The summed E-state index contributed by atoms with van der Waals surface area (Å²) in [5, 5.41) is 2.58. The second kappa shape index (κ2) is 2.72. The average molecular weight is 194 g/mol. The van der Waals surface area contributed by atoms with Crippen LogP contribution >= 0.6 is 0 Å². The van der Waals surface area contributed by atoms with Crippen LogP contribution in [0.4, 0.5) is 11.8 Å². The number of nitrogens with zero attached hydrogens (tertiary/aromatic N) is 3. The Labute approximate surface area is 78.7 Å². The van der Waals surface area contributed by atoms with Crippen LogP contribution in [0.25, 0.3) is 5.78 Å². The van der Waals surface area contributed by atoms with E-state index < -0.39 is 0 Å². The molecule has 0 unspecified atom stereocenters. The SMILES string of the molecule is CCc1c(N)nc2nc(N)[nH]n2c1=O. The maximum Gasteiger partial charge on any atom is 0.279 e. The van der Waals surface area contributed by atoms with E-state index in [9.17, 15) is 4.79 Å². The molecule has 0 spiro atoms. The number of hydrogen-bond donors (Lipinski definition) is 3. The van der Waals surface area contributed by atoms with Crippen molar-refractivity contribution in [3.63, 3.8) is 0 Å². The summed E-state index contributed by atoms with van der Waals surface area (Å²) in [4.78, 5) is 19.5. The second-order valence-electron chi connectivity index (χ2n) is 2.88. The van der Waals surface area contributed by atoms with Crippen LogP contribution in [0.2, 0.25) is 0 Å². The highest BCUT2D eigenvalue weighted by Crippen LogP contribution is 2.05. The molecular weight excluding hydrogens is 184 g/mol. The second-order valence-corrected chi connectivity index (χ2v) is 2.88. The van der Waals surface area contributed by atoms with E-state index in [1.165, 1.54) is 4.52 Å². The third kappa shape index (κ3) is 1.02. The molecule has 0 aliphatic rings.